The Hall–Kier alpha value is -3.02. The lowest BCUT2D eigenvalue weighted by Gasteiger charge is -2.17. The summed E-state index contributed by atoms with van der Waals surface area (Å²) in [7, 11) is 0. The second kappa shape index (κ2) is 8.78. The van der Waals surface area contributed by atoms with Gasteiger partial charge in [-0.15, -0.1) is 4.91 Å². The molecular formula is C22H25N3O3. The summed E-state index contributed by atoms with van der Waals surface area (Å²) >= 11 is 0. The van der Waals surface area contributed by atoms with E-state index >= 15 is 0 Å². The van der Waals surface area contributed by atoms with Crippen LogP contribution in [0.1, 0.15) is 48.2 Å². The Morgan fingerprint density at radius 1 is 1.18 bits per heavy atom. The molecule has 0 aliphatic rings. The maximum absolute atomic E-state index is 11.5. The summed E-state index contributed by atoms with van der Waals surface area (Å²) in [5.41, 5.74) is 3.37. The molecule has 0 aliphatic carbocycles. The monoisotopic (exact) mass is 379 g/mol. The highest BCUT2D eigenvalue weighted by Gasteiger charge is 2.13. The van der Waals surface area contributed by atoms with E-state index in [1.807, 2.05) is 10.7 Å². The zero-order valence-corrected chi connectivity index (χ0v) is 16.5. The summed E-state index contributed by atoms with van der Waals surface area (Å²) < 4.78 is 8.00. The molecule has 6 nitrogen and oxygen atoms in total. The first-order valence-electron chi connectivity index (χ1n) is 9.61. The van der Waals surface area contributed by atoms with Gasteiger partial charge in [0.05, 0.1) is 24.9 Å². The van der Waals surface area contributed by atoms with Gasteiger partial charge in [-0.3, -0.25) is 9.48 Å². The zero-order valence-electron chi connectivity index (χ0n) is 16.5. The molecule has 0 saturated carbocycles. The third-order valence-electron chi connectivity index (χ3n) is 5.14. The van der Waals surface area contributed by atoms with E-state index in [2.05, 4.69) is 43.2 Å². The van der Waals surface area contributed by atoms with Crippen LogP contribution in [0.25, 0.3) is 10.9 Å². The second-order valence-electron chi connectivity index (χ2n) is 7.08. The molecule has 1 aromatic heterocycles. The van der Waals surface area contributed by atoms with Crippen molar-refractivity contribution in [2.75, 3.05) is 6.61 Å². The van der Waals surface area contributed by atoms with Gasteiger partial charge < -0.3 is 4.74 Å². The number of hydrogen-bond acceptors (Lipinski definition) is 4. The molecule has 2 aromatic carbocycles. The number of ether oxygens (including phenoxy) is 1. The average molecular weight is 379 g/mol. The normalized spacial score (nSPS) is 11.1. The number of nitrogens with zero attached hydrogens (tertiary/aromatic N) is 3. The molecule has 0 bridgehead atoms. The lowest BCUT2D eigenvalue weighted by atomic mass is 10.1. The highest BCUT2D eigenvalue weighted by Crippen LogP contribution is 2.25. The maximum Gasteiger partial charge on any atom is 0.316 e. The minimum absolute atomic E-state index is 0.270. The van der Waals surface area contributed by atoms with Gasteiger partial charge in [-0.2, -0.15) is 5.10 Å². The summed E-state index contributed by atoms with van der Waals surface area (Å²) in [5.74, 6) is 0.644. The van der Waals surface area contributed by atoms with Crippen LogP contribution in [0.15, 0.2) is 47.8 Å². The maximum atomic E-state index is 11.5. The van der Waals surface area contributed by atoms with Gasteiger partial charge in [0.1, 0.15) is 5.75 Å². The molecule has 146 valence electrons. The van der Waals surface area contributed by atoms with E-state index in [1.54, 1.807) is 24.4 Å². The Kier molecular flexibility index (Phi) is 6.19. The topological polar surface area (TPSA) is 73.6 Å². The third kappa shape index (κ3) is 4.27. The minimum Gasteiger partial charge on any atom is -0.493 e. The van der Waals surface area contributed by atoms with Crippen molar-refractivity contribution in [2.45, 2.75) is 40.2 Å². The van der Waals surface area contributed by atoms with E-state index in [9.17, 15) is 9.70 Å². The SMILES string of the molecule is CCC(CC)COc1ccc(C)cc1Cn1ncc2cc(C(=O)N=O)ccc21. The van der Waals surface area contributed by atoms with E-state index in [4.69, 9.17) is 4.74 Å². The second-order valence-corrected chi connectivity index (χ2v) is 7.08. The standard InChI is InChI=1S/C22H25N3O3/c1-4-16(5-2)14-28-21-9-6-15(3)10-19(21)13-25-20-8-7-17(22(26)24-27)11-18(20)12-23-25/h6-12,16H,4-5,13-14H2,1-3H3. The Morgan fingerprint density at radius 2 is 1.96 bits per heavy atom. The number of rotatable bonds is 8. The van der Waals surface area contributed by atoms with E-state index in [-0.39, 0.29) is 5.56 Å². The highest BCUT2D eigenvalue weighted by molar-refractivity contribution is 5.98. The molecule has 0 N–H and O–H groups in total. The van der Waals surface area contributed by atoms with Gasteiger partial charge in [-0.1, -0.05) is 44.4 Å². The van der Waals surface area contributed by atoms with Crippen LogP contribution in [0, 0.1) is 17.7 Å². The van der Waals surface area contributed by atoms with Crippen LogP contribution >= 0.6 is 0 Å². The first kappa shape index (κ1) is 19.7. The quantitative estimate of drug-likeness (QED) is 0.510. The minimum atomic E-state index is -0.773. The predicted octanol–water partition coefficient (Wildman–Crippen LogP) is 5.11. The van der Waals surface area contributed by atoms with E-state index in [0.29, 0.717) is 19.1 Å². The fourth-order valence-corrected chi connectivity index (χ4v) is 3.26. The number of carbonyl (C=O) groups excluding carboxylic acids is 1. The van der Waals surface area contributed by atoms with Crippen LogP contribution in [-0.4, -0.2) is 22.3 Å². The van der Waals surface area contributed by atoms with Gasteiger partial charge in [0, 0.05) is 21.7 Å². The molecule has 0 fully saturated rings. The van der Waals surface area contributed by atoms with Crippen LogP contribution in [0.5, 0.6) is 5.75 Å². The first-order chi connectivity index (χ1) is 13.5. The Bertz CT molecular complexity index is 990. The molecule has 28 heavy (non-hydrogen) atoms. The van der Waals surface area contributed by atoms with Crippen LogP contribution in [0.3, 0.4) is 0 Å². The number of benzene rings is 2. The number of aryl methyl sites for hydroxylation is 1. The van der Waals surface area contributed by atoms with Crippen molar-refractivity contribution >= 4 is 16.8 Å². The lowest BCUT2D eigenvalue weighted by molar-refractivity contribution is 0.100. The number of nitroso groups, excluding NO2 is 1. The van der Waals surface area contributed by atoms with Crippen molar-refractivity contribution in [2.24, 2.45) is 11.1 Å². The molecule has 3 rings (SSSR count). The number of carbonyl (C=O) groups is 1. The summed E-state index contributed by atoms with van der Waals surface area (Å²) in [5, 5.41) is 7.73. The van der Waals surface area contributed by atoms with E-state index in [1.165, 1.54) is 0 Å². The van der Waals surface area contributed by atoms with E-state index in [0.717, 1.165) is 40.6 Å². The fraction of sp³-hybridized carbons (Fsp3) is 0.364. The number of hydrogen-bond donors (Lipinski definition) is 0. The lowest BCUT2D eigenvalue weighted by Crippen LogP contribution is -2.12. The molecular weight excluding hydrogens is 354 g/mol. The van der Waals surface area contributed by atoms with Gasteiger partial charge in [0.2, 0.25) is 0 Å². The van der Waals surface area contributed by atoms with Crippen molar-refractivity contribution < 1.29 is 9.53 Å². The summed E-state index contributed by atoms with van der Waals surface area (Å²) in [6.45, 7) is 7.68. The van der Waals surface area contributed by atoms with Gasteiger partial charge in [-0.05, 0) is 37.1 Å². The summed E-state index contributed by atoms with van der Waals surface area (Å²) in [4.78, 5) is 22.0. The molecule has 3 aromatic rings. The largest absolute Gasteiger partial charge is 0.493 e. The molecule has 1 heterocycles. The Labute approximate surface area is 164 Å². The van der Waals surface area contributed by atoms with Crippen LogP contribution in [0.4, 0.5) is 0 Å². The van der Waals surface area contributed by atoms with Crippen molar-refractivity contribution in [3.63, 3.8) is 0 Å². The molecule has 0 saturated heterocycles. The predicted molar refractivity (Wildman–Crippen MR) is 110 cm³/mol. The van der Waals surface area contributed by atoms with Crippen molar-refractivity contribution in [1.82, 2.24) is 9.78 Å². The number of aromatic nitrogens is 2. The molecule has 0 aliphatic heterocycles. The van der Waals surface area contributed by atoms with Crippen molar-refractivity contribution in [1.29, 1.82) is 0 Å². The Balaban J connectivity index is 1.87. The first-order valence-corrected chi connectivity index (χ1v) is 9.61. The number of amides is 1. The molecule has 0 atom stereocenters. The van der Waals surface area contributed by atoms with Gasteiger partial charge in [0.25, 0.3) is 0 Å². The third-order valence-corrected chi connectivity index (χ3v) is 5.14. The van der Waals surface area contributed by atoms with Gasteiger partial charge >= 0.3 is 5.91 Å². The average Bonchev–Trinajstić information content (AvgIpc) is 3.11. The van der Waals surface area contributed by atoms with E-state index < -0.39 is 5.91 Å². The van der Waals surface area contributed by atoms with Crippen molar-refractivity contribution in [3.8, 4) is 5.75 Å². The smallest absolute Gasteiger partial charge is 0.316 e. The van der Waals surface area contributed by atoms with Gasteiger partial charge in [-0.25, -0.2) is 0 Å². The fourth-order valence-electron chi connectivity index (χ4n) is 3.26. The zero-order chi connectivity index (χ0) is 20.1. The van der Waals surface area contributed by atoms with Crippen LogP contribution in [0.2, 0.25) is 0 Å². The molecule has 6 heteroatoms. The molecule has 0 spiro atoms. The van der Waals surface area contributed by atoms with Crippen LogP contribution in [-0.2, 0) is 6.54 Å². The molecule has 1 amide bonds. The molecule has 0 unspecified atom stereocenters. The summed E-state index contributed by atoms with van der Waals surface area (Å²) in [6, 6.07) is 11.2. The number of fused-ring (bicyclic) bond motifs is 1. The molecule has 0 radical (unpaired) electrons. The Morgan fingerprint density at radius 3 is 2.68 bits per heavy atom. The van der Waals surface area contributed by atoms with Crippen LogP contribution < -0.4 is 4.74 Å². The van der Waals surface area contributed by atoms with Crippen molar-refractivity contribution in [3.05, 3.63) is 64.2 Å². The highest BCUT2D eigenvalue weighted by atomic mass is 16.5. The van der Waals surface area contributed by atoms with Gasteiger partial charge in [0.15, 0.2) is 0 Å². The summed E-state index contributed by atoms with van der Waals surface area (Å²) in [6.07, 6.45) is 3.88.